The number of aromatic nitrogens is 2. The number of carbonyl (C=O) groups excluding carboxylic acids is 2. The van der Waals surface area contributed by atoms with E-state index in [1.807, 2.05) is 50.2 Å². The van der Waals surface area contributed by atoms with Gasteiger partial charge in [-0.05, 0) is 55.9 Å². The first-order valence-electron chi connectivity index (χ1n) is 13.4. The molecule has 1 aliphatic rings. The number of nitrogens with one attached hydrogen (secondary N) is 1. The summed E-state index contributed by atoms with van der Waals surface area (Å²) in [6, 6.07) is 13.9. The average Bonchev–Trinajstić information content (AvgIpc) is 2.90. The number of aryl methyl sites for hydroxylation is 1. The number of amides is 1. The first-order valence-corrected chi connectivity index (χ1v) is 15.3. The third kappa shape index (κ3) is 9.13. The van der Waals surface area contributed by atoms with Crippen molar-refractivity contribution in [2.75, 3.05) is 31.8 Å². The summed E-state index contributed by atoms with van der Waals surface area (Å²) < 4.78 is 22.8. The topological polar surface area (TPSA) is 109 Å². The molecule has 0 saturated heterocycles. The molecule has 2 aromatic carbocycles. The van der Waals surface area contributed by atoms with Crippen molar-refractivity contribution in [3.05, 3.63) is 59.9 Å². The number of ketones is 1. The molecule has 1 saturated carbocycles. The van der Waals surface area contributed by atoms with E-state index < -0.39 is 9.84 Å². The lowest BCUT2D eigenvalue weighted by Gasteiger charge is -2.26. The fraction of sp³-hybridized carbons (Fsp3) is 0.467. The molecule has 0 atom stereocenters. The largest absolute Gasteiger partial charge is 0.362 e. The van der Waals surface area contributed by atoms with Crippen molar-refractivity contribution in [2.45, 2.75) is 57.3 Å². The second-order valence-electron chi connectivity index (χ2n) is 10.7. The number of para-hydroxylation sites is 1. The first kappa shape index (κ1) is 30.2. The number of nitrogens with zero attached hydrogens (tertiary/aromatic N) is 3. The Morgan fingerprint density at radius 1 is 0.949 bits per heavy atom. The van der Waals surface area contributed by atoms with E-state index in [4.69, 9.17) is 0 Å². The molecule has 0 spiro atoms. The highest BCUT2D eigenvalue weighted by Gasteiger charge is 2.19. The van der Waals surface area contributed by atoms with Crippen LogP contribution in [0.1, 0.15) is 61.6 Å². The quantitative estimate of drug-likeness (QED) is 0.392. The summed E-state index contributed by atoms with van der Waals surface area (Å²) >= 11 is 0. The predicted molar refractivity (Wildman–Crippen MR) is 156 cm³/mol. The zero-order chi connectivity index (χ0) is 28.6. The van der Waals surface area contributed by atoms with E-state index in [0.29, 0.717) is 18.0 Å². The number of Topliss-reactive ketones (excluding diaryl/α,β-unsaturated/α-hetero) is 1. The molecule has 1 N–H and O–H groups in total. The van der Waals surface area contributed by atoms with Crippen molar-refractivity contribution in [3.8, 4) is 0 Å². The van der Waals surface area contributed by atoms with Crippen LogP contribution in [0.3, 0.4) is 0 Å². The number of sulfone groups is 1. The van der Waals surface area contributed by atoms with E-state index in [0.717, 1.165) is 47.6 Å². The minimum atomic E-state index is -3.27. The van der Waals surface area contributed by atoms with Gasteiger partial charge in [-0.25, -0.2) is 18.4 Å². The minimum absolute atomic E-state index is 0.0975. The van der Waals surface area contributed by atoms with Gasteiger partial charge in [-0.15, -0.1) is 0 Å². The molecule has 0 aliphatic heterocycles. The smallest absolute Gasteiger partial charge is 0.220 e. The lowest BCUT2D eigenvalue weighted by Crippen LogP contribution is -2.31. The number of rotatable bonds is 8. The summed E-state index contributed by atoms with van der Waals surface area (Å²) in [7, 11) is 0.720. The van der Waals surface area contributed by atoms with Crippen molar-refractivity contribution in [2.24, 2.45) is 11.8 Å². The molecule has 4 rings (SSSR count). The molecule has 1 aromatic heterocycles. The van der Waals surface area contributed by atoms with Gasteiger partial charge in [0.25, 0.3) is 0 Å². The lowest BCUT2D eigenvalue weighted by molar-refractivity contribution is -0.121. The Kier molecular flexibility index (Phi) is 10.6. The Morgan fingerprint density at radius 2 is 1.59 bits per heavy atom. The summed E-state index contributed by atoms with van der Waals surface area (Å²) in [5, 5.41) is 4.03. The van der Waals surface area contributed by atoms with Gasteiger partial charge >= 0.3 is 0 Å². The van der Waals surface area contributed by atoms with E-state index >= 15 is 0 Å². The maximum atomic E-state index is 12.1. The highest BCUT2D eigenvalue weighted by atomic mass is 32.2. The number of hydrogen-bond acceptors (Lipinski definition) is 7. The highest BCUT2D eigenvalue weighted by molar-refractivity contribution is 7.90. The maximum Gasteiger partial charge on any atom is 0.220 e. The molecule has 210 valence electrons. The number of anilines is 1. The van der Waals surface area contributed by atoms with E-state index in [1.165, 1.54) is 37.1 Å². The molecule has 0 unspecified atom stereocenters. The molecule has 3 aromatic rings. The molecule has 1 aliphatic carbocycles. The molecule has 9 heteroatoms. The standard InChI is InChI=1S/C19H27NO4S.C11H13N3/c1-14-3-5-15(6-4-14)13-20-19(22)12-11-18(21)16-7-9-17(10-8-16)25(2,23)24;1-8-12-10-7-5-4-6-9(10)11(13-8)14(2)3/h7-10,14-15H,3-6,11-13H2,1-2H3,(H,20,22);4-7H,1-3H3. The van der Waals surface area contributed by atoms with Gasteiger partial charge < -0.3 is 10.2 Å². The zero-order valence-corrected chi connectivity index (χ0v) is 24.4. The number of benzene rings is 2. The van der Waals surface area contributed by atoms with Gasteiger partial charge in [-0.2, -0.15) is 0 Å². The second-order valence-corrected chi connectivity index (χ2v) is 12.7. The van der Waals surface area contributed by atoms with Crippen molar-refractivity contribution >= 4 is 38.2 Å². The van der Waals surface area contributed by atoms with E-state index in [9.17, 15) is 18.0 Å². The van der Waals surface area contributed by atoms with Crippen LogP contribution in [0.4, 0.5) is 5.82 Å². The van der Waals surface area contributed by atoms with Gasteiger partial charge in [0, 0.05) is 50.7 Å². The zero-order valence-electron chi connectivity index (χ0n) is 23.6. The van der Waals surface area contributed by atoms with Crippen LogP contribution in [0.15, 0.2) is 53.4 Å². The fourth-order valence-electron chi connectivity index (χ4n) is 4.65. The normalized spacial score (nSPS) is 17.2. The van der Waals surface area contributed by atoms with Crippen molar-refractivity contribution < 1.29 is 18.0 Å². The SMILES string of the molecule is CC1CCC(CNC(=O)CCC(=O)c2ccc(S(C)(=O)=O)cc2)CC1.Cc1nc(N(C)C)c2ccccc2n1. The second kappa shape index (κ2) is 13.6. The van der Waals surface area contributed by atoms with Gasteiger partial charge in [-0.1, -0.05) is 44.0 Å². The van der Waals surface area contributed by atoms with Crippen LogP contribution in [0.2, 0.25) is 0 Å². The summed E-state index contributed by atoms with van der Waals surface area (Å²) in [6.07, 6.45) is 6.19. The van der Waals surface area contributed by atoms with Crippen molar-refractivity contribution in [3.63, 3.8) is 0 Å². The van der Waals surface area contributed by atoms with Gasteiger partial charge in [-0.3, -0.25) is 9.59 Å². The monoisotopic (exact) mass is 552 g/mol. The van der Waals surface area contributed by atoms with Crippen LogP contribution in [-0.2, 0) is 14.6 Å². The van der Waals surface area contributed by atoms with E-state index in [1.54, 1.807) is 0 Å². The first-order chi connectivity index (χ1) is 18.4. The van der Waals surface area contributed by atoms with Gasteiger partial charge in [0.1, 0.15) is 11.6 Å². The molecule has 0 bridgehead atoms. The summed E-state index contributed by atoms with van der Waals surface area (Å²) in [5.41, 5.74) is 1.44. The van der Waals surface area contributed by atoms with Gasteiger partial charge in [0.05, 0.1) is 10.4 Å². The summed E-state index contributed by atoms with van der Waals surface area (Å²) in [5.74, 6) is 2.89. The highest BCUT2D eigenvalue weighted by Crippen LogP contribution is 2.27. The van der Waals surface area contributed by atoms with Crippen LogP contribution >= 0.6 is 0 Å². The Labute approximate surface area is 232 Å². The average molecular weight is 553 g/mol. The molecule has 1 amide bonds. The molecule has 0 radical (unpaired) electrons. The minimum Gasteiger partial charge on any atom is -0.362 e. The molecule has 1 fully saturated rings. The van der Waals surface area contributed by atoms with Crippen LogP contribution < -0.4 is 10.2 Å². The van der Waals surface area contributed by atoms with Gasteiger partial charge in [0.2, 0.25) is 5.91 Å². The summed E-state index contributed by atoms with van der Waals surface area (Å²) in [4.78, 5) is 35.0. The Hall–Kier alpha value is -3.33. The molecule has 1 heterocycles. The molecule has 39 heavy (non-hydrogen) atoms. The number of fused-ring (bicyclic) bond motifs is 1. The van der Waals surface area contributed by atoms with Crippen LogP contribution in [0.5, 0.6) is 0 Å². The van der Waals surface area contributed by atoms with E-state index in [2.05, 4.69) is 22.2 Å². The maximum absolute atomic E-state index is 12.1. The summed E-state index contributed by atoms with van der Waals surface area (Å²) in [6.45, 7) is 4.88. The third-order valence-electron chi connectivity index (χ3n) is 7.03. The van der Waals surface area contributed by atoms with E-state index in [-0.39, 0.29) is 29.4 Å². The fourth-order valence-corrected chi connectivity index (χ4v) is 5.28. The van der Waals surface area contributed by atoms with Crippen LogP contribution in [0, 0.1) is 18.8 Å². The van der Waals surface area contributed by atoms with Crippen molar-refractivity contribution in [1.82, 2.24) is 15.3 Å². The third-order valence-corrected chi connectivity index (χ3v) is 8.15. The predicted octanol–water partition coefficient (Wildman–Crippen LogP) is 5.00. The van der Waals surface area contributed by atoms with Crippen LogP contribution in [-0.4, -0.2) is 57.0 Å². The Bertz CT molecular complexity index is 1380. The molecule has 8 nitrogen and oxygen atoms in total. The lowest BCUT2D eigenvalue weighted by atomic mass is 9.83. The van der Waals surface area contributed by atoms with Gasteiger partial charge in [0.15, 0.2) is 15.6 Å². The van der Waals surface area contributed by atoms with Crippen LogP contribution in [0.25, 0.3) is 10.9 Å². The van der Waals surface area contributed by atoms with Crippen molar-refractivity contribution in [1.29, 1.82) is 0 Å². The molecular formula is C30H40N4O4S. The number of carbonyl (C=O) groups is 2. The Morgan fingerprint density at radius 3 is 2.21 bits per heavy atom. The molecular weight excluding hydrogens is 512 g/mol. The Balaban J connectivity index is 0.000000252. The number of hydrogen-bond donors (Lipinski definition) is 1.